The van der Waals surface area contributed by atoms with Crippen LogP contribution in [-0.4, -0.2) is 37.1 Å². The molecular formula is C11H14N2O5S. The first-order chi connectivity index (χ1) is 8.91. The van der Waals surface area contributed by atoms with Gasteiger partial charge in [0.2, 0.25) is 0 Å². The molecule has 19 heavy (non-hydrogen) atoms. The summed E-state index contributed by atoms with van der Waals surface area (Å²) in [7, 11) is 0. The van der Waals surface area contributed by atoms with Crippen LogP contribution in [0.5, 0.6) is 0 Å². The molecule has 0 fully saturated rings. The molecule has 1 aromatic rings. The minimum Gasteiger partial charge on any atom is -0.390 e. The van der Waals surface area contributed by atoms with Crippen molar-refractivity contribution >= 4 is 22.6 Å². The first-order valence-electron chi connectivity index (χ1n) is 5.51. The van der Waals surface area contributed by atoms with Gasteiger partial charge in [0.05, 0.1) is 16.7 Å². The van der Waals surface area contributed by atoms with Gasteiger partial charge in [-0.15, -0.1) is 0 Å². The Labute approximate surface area is 113 Å². The highest BCUT2D eigenvalue weighted by atomic mass is 32.2. The number of thioether (sulfide) groups is 1. The van der Waals surface area contributed by atoms with Gasteiger partial charge in [0, 0.05) is 31.0 Å². The number of hydrogen-bond acceptors (Lipinski definition) is 7. The van der Waals surface area contributed by atoms with Crippen molar-refractivity contribution in [1.82, 2.24) is 4.98 Å². The van der Waals surface area contributed by atoms with Crippen molar-refractivity contribution in [3.8, 4) is 0 Å². The first-order valence-corrected chi connectivity index (χ1v) is 6.50. The van der Waals surface area contributed by atoms with Crippen LogP contribution in [0.2, 0.25) is 0 Å². The molecule has 0 aliphatic heterocycles. The lowest BCUT2D eigenvalue weighted by Crippen LogP contribution is -2.20. The fourth-order valence-electron chi connectivity index (χ4n) is 1.39. The van der Waals surface area contributed by atoms with Crippen LogP contribution in [0.4, 0.5) is 5.69 Å². The van der Waals surface area contributed by atoms with Gasteiger partial charge >= 0.3 is 0 Å². The van der Waals surface area contributed by atoms with Crippen LogP contribution >= 0.6 is 11.8 Å². The topological polar surface area (TPSA) is 114 Å². The van der Waals surface area contributed by atoms with Gasteiger partial charge in [-0.3, -0.25) is 19.9 Å². The van der Waals surface area contributed by atoms with Gasteiger partial charge in [-0.2, -0.15) is 0 Å². The number of hydrogen-bond donors (Lipinski definition) is 2. The number of rotatable bonds is 6. The van der Waals surface area contributed by atoms with Crippen LogP contribution in [0.3, 0.4) is 0 Å². The molecule has 2 unspecified atom stereocenters. The highest BCUT2D eigenvalue weighted by Gasteiger charge is 2.21. The summed E-state index contributed by atoms with van der Waals surface area (Å²) in [5, 5.41) is 30.1. The molecule has 0 aromatic carbocycles. The van der Waals surface area contributed by atoms with Crippen LogP contribution in [0, 0.1) is 10.1 Å². The van der Waals surface area contributed by atoms with Gasteiger partial charge < -0.3 is 10.2 Å². The molecule has 0 aliphatic rings. The van der Waals surface area contributed by atoms with E-state index in [1.165, 1.54) is 19.2 Å². The Balaban J connectivity index is 2.65. The van der Waals surface area contributed by atoms with Gasteiger partial charge in [0.25, 0.3) is 5.69 Å². The second-order valence-electron chi connectivity index (χ2n) is 3.84. The quantitative estimate of drug-likeness (QED) is 0.593. The highest BCUT2D eigenvalue weighted by molar-refractivity contribution is 8.13. The largest absolute Gasteiger partial charge is 0.390 e. The fraction of sp³-hybridized carbons (Fsp3) is 0.455. The fourth-order valence-corrected chi connectivity index (χ4v) is 2.04. The Bertz CT molecular complexity index is 468. The monoisotopic (exact) mass is 286 g/mol. The number of nitrogens with zero attached hydrogens (tertiary/aromatic N) is 2. The molecule has 0 spiro atoms. The molecule has 1 aromatic heterocycles. The molecular weight excluding hydrogens is 272 g/mol. The lowest BCUT2D eigenvalue weighted by molar-refractivity contribution is -0.385. The smallest absolute Gasteiger partial charge is 0.272 e. The third-order valence-corrected chi connectivity index (χ3v) is 3.21. The van der Waals surface area contributed by atoms with Crippen LogP contribution in [0.1, 0.15) is 25.1 Å². The molecule has 8 heteroatoms. The highest BCUT2D eigenvalue weighted by Crippen LogP contribution is 2.21. The number of pyridine rings is 1. The summed E-state index contributed by atoms with van der Waals surface area (Å²) >= 11 is 1.04. The maximum absolute atomic E-state index is 10.7. The van der Waals surface area contributed by atoms with Crippen LogP contribution in [0.25, 0.3) is 0 Å². The molecule has 2 N–H and O–H groups in total. The van der Waals surface area contributed by atoms with E-state index in [4.69, 9.17) is 0 Å². The number of aliphatic hydroxyl groups is 2. The van der Waals surface area contributed by atoms with E-state index in [1.54, 1.807) is 0 Å². The second-order valence-corrected chi connectivity index (χ2v) is 5.11. The Kier molecular flexibility index (Phi) is 5.87. The first kappa shape index (κ1) is 15.5. The zero-order valence-electron chi connectivity index (χ0n) is 10.2. The molecule has 0 saturated carbocycles. The maximum Gasteiger partial charge on any atom is 0.272 e. The SMILES string of the molecule is CC(=O)SCCC(O)C(O)c1cc([N+](=O)[O-])ccn1. The standard InChI is InChI=1S/C11H14N2O5S/c1-7(14)19-5-3-10(15)11(16)9-6-8(13(17)18)2-4-12-9/h2,4,6,10-11,15-16H,3,5H2,1H3. The van der Waals surface area contributed by atoms with E-state index in [2.05, 4.69) is 4.98 Å². The van der Waals surface area contributed by atoms with Crippen LogP contribution in [-0.2, 0) is 4.79 Å². The van der Waals surface area contributed by atoms with Crippen molar-refractivity contribution < 1.29 is 19.9 Å². The molecule has 2 atom stereocenters. The minimum atomic E-state index is -1.31. The van der Waals surface area contributed by atoms with Crippen molar-refractivity contribution in [2.45, 2.75) is 25.6 Å². The van der Waals surface area contributed by atoms with Crippen molar-refractivity contribution in [2.24, 2.45) is 0 Å². The predicted octanol–water partition coefficient (Wildman–Crippen LogP) is 1.05. The summed E-state index contributed by atoms with van der Waals surface area (Å²) in [6, 6.07) is 2.32. The summed E-state index contributed by atoms with van der Waals surface area (Å²) in [5.41, 5.74) is -0.163. The van der Waals surface area contributed by atoms with E-state index in [0.29, 0.717) is 5.75 Å². The minimum absolute atomic E-state index is 0.0366. The zero-order chi connectivity index (χ0) is 14.4. The number of nitro groups is 1. The Morgan fingerprint density at radius 1 is 1.58 bits per heavy atom. The zero-order valence-corrected chi connectivity index (χ0v) is 11.0. The molecule has 0 radical (unpaired) electrons. The summed E-state index contributed by atoms with van der Waals surface area (Å²) in [6.07, 6.45) is -1.04. The van der Waals surface area contributed by atoms with E-state index in [0.717, 1.165) is 17.8 Å². The predicted molar refractivity (Wildman–Crippen MR) is 69.6 cm³/mol. The number of aliphatic hydroxyl groups excluding tert-OH is 2. The van der Waals surface area contributed by atoms with Gasteiger partial charge in [0.1, 0.15) is 6.10 Å². The van der Waals surface area contributed by atoms with Crippen LogP contribution in [0.15, 0.2) is 18.3 Å². The third-order valence-electron chi connectivity index (χ3n) is 2.36. The average Bonchev–Trinajstić information content (AvgIpc) is 2.37. The average molecular weight is 286 g/mol. The lowest BCUT2D eigenvalue weighted by Gasteiger charge is -2.16. The van der Waals surface area contributed by atoms with E-state index in [-0.39, 0.29) is 22.9 Å². The summed E-state index contributed by atoms with van der Waals surface area (Å²) in [4.78, 5) is 24.5. The van der Waals surface area contributed by atoms with Gasteiger partial charge in [-0.25, -0.2) is 0 Å². The van der Waals surface area contributed by atoms with E-state index >= 15 is 0 Å². The summed E-state index contributed by atoms with van der Waals surface area (Å²) in [6.45, 7) is 1.41. The van der Waals surface area contributed by atoms with E-state index in [1.807, 2.05) is 0 Å². The number of carbonyl (C=O) groups excluding carboxylic acids is 1. The third kappa shape index (κ3) is 4.93. The van der Waals surface area contributed by atoms with Crippen LogP contribution < -0.4 is 0 Å². The Morgan fingerprint density at radius 3 is 2.84 bits per heavy atom. The molecule has 104 valence electrons. The molecule has 0 amide bonds. The number of aromatic nitrogens is 1. The number of carbonyl (C=O) groups is 1. The van der Waals surface area contributed by atoms with Crippen molar-refractivity contribution in [1.29, 1.82) is 0 Å². The maximum atomic E-state index is 10.7. The van der Waals surface area contributed by atoms with E-state index < -0.39 is 17.1 Å². The second kappa shape index (κ2) is 7.17. The lowest BCUT2D eigenvalue weighted by atomic mass is 10.1. The van der Waals surface area contributed by atoms with E-state index in [9.17, 15) is 25.1 Å². The van der Waals surface area contributed by atoms with Crippen molar-refractivity contribution in [3.05, 3.63) is 34.1 Å². The van der Waals surface area contributed by atoms with Crippen molar-refractivity contribution in [3.63, 3.8) is 0 Å². The normalized spacial score (nSPS) is 13.8. The Morgan fingerprint density at radius 2 is 2.26 bits per heavy atom. The van der Waals surface area contributed by atoms with Gasteiger partial charge in [-0.05, 0) is 6.42 Å². The summed E-state index contributed by atoms with van der Waals surface area (Å²) < 4.78 is 0. The van der Waals surface area contributed by atoms with Gasteiger partial charge in [0.15, 0.2) is 5.12 Å². The van der Waals surface area contributed by atoms with Crippen molar-refractivity contribution in [2.75, 3.05) is 5.75 Å². The molecule has 1 heterocycles. The molecule has 7 nitrogen and oxygen atoms in total. The Hall–Kier alpha value is -1.51. The molecule has 0 aliphatic carbocycles. The molecule has 0 saturated heterocycles. The molecule has 0 bridgehead atoms. The summed E-state index contributed by atoms with van der Waals surface area (Å²) in [5.74, 6) is 0.364. The molecule has 1 rings (SSSR count). The van der Waals surface area contributed by atoms with Gasteiger partial charge in [-0.1, -0.05) is 11.8 Å².